The standard InChI is InChI=1S/C15H12N2O2S/c1-10-7-8-12-13(9-10)20-15(17(18)19)14(12)16-11-5-3-2-4-6-11/h2-9,16H,1H3. The number of para-hydroxylation sites is 1. The zero-order valence-corrected chi connectivity index (χ0v) is 11.6. The SMILES string of the molecule is Cc1ccc2c(Nc3ccccc3)c([N+](=O)[O-])sc2c1. The minimum atomic E-state index is -0.328. The monoisotopic (exact) mass is 284 g/mol. The number of rotatable bonds is 3. The van der Waals surface area contributed by atoms with Crippen LogP contribution in [-0.2, 0) is 0 Å². The first-order valence-corrected chi connectivity index (χ1v) is 6.96. The lowest BCUT2D eigenvalue weighted by atomic mass is 10.2. The molecular weight excluding hydrogens is 272 g/mol. The van der Waals surface area contributed by atoms with Crippen LogP contribution in [0.15, 0.2) is 48.5 Å². The Bertz CT molecular complexity index is 781. The van der Waals surface area contributed by atoms with Crippen LogP contribution >= 0.6 is 11.3 Å². The molecule has 2 aromatic carbocycles. The van der Waals surface area contributed by atoms with Crippen molar-refractivity contribution in [3.05, 3.63) is 64.2 Å². The first-order valence-electron chi connectivity index (χ1n) is 6.15. The Morgan fingerprint density at radius 2 is 1.90 bits per heavy atom. The molecule has 20 heavy (non-hydrogen) atoms. The molecule has 0 saturated heterocycles. The molecule has 0 aliphatic rings. The Hall–Kier alpha value is -2.40. The lowest BCUT2D eigenvalue weighted by molar-refractivity contribution is -0.379. The molecule has 1 aromatic heterocycles. The van der Waals surface area contributed by atoms with Gasteiger partial charge in [0.1, 0.15) is 5.69 Å². The fourth-order valence-corrected chi connectivity index (χ4v) is 3.18. The molecule has 0 atom stereocenters. The Morgan fingerprint density at radius 1 is 1.15 bits per heavy atom. The van der Waals surface area contributed by atoms with E-state index in [1.807, 2.05) is 55.5 Å². The van der Waals surface area contributed by atoms with Gasteiger partial charge in [-0.05, 0) is 30.7 Å². The predicted octanol–water partition coefficient (Wildman–Crippen LogP) is 4.86. The Labute approximate surface area is 119 Å². The van der Waals surface area contributed by atoms with E-state index in [1.54, 1.807) is 0 Å². The highest BCUT2D eigenvalue weighted by Crippen LogP contribution is 2.43. The van der Waals surface area contributed by atoms with Crippen molar-refractivity contribution in [3.63, 3.8) is 0 Å². The number of aryl methyl sites for hydroxylation is 1. The van der Waals surface area contributed by atoms with Crippen molar-refractivity contribution in [1.82, 2.24) is 0 Å². The maximum atomic E-state index is 11.2. The van der Waals surface area contributed by atoms with Crippen LogP contribution in [0.1, 0.15) is 5.56 Å². The van der Waals surface area contributed by atoms with E-state index < -0.39 is 0 Å². The van der Waals surface area contributed by atoms with Crippen molar-refractivity contribution in [2.75, 3.05) is 5.32 Å². The van der Waals surface area contributed by atoms with E-state index >= 15 is 0 Å². The van der Waals surface area contributed by atoms with Crippen molar-refractivity contribution >= 4 is 37.8 Å². The predicted molar refractivity (Wildman–Crippen MR) is 82.9 cm³/mol. The fraction of sp³-hybridized carbons (Fsp3) is 0.0667. The molecule has 0 aliphatic heterocycles. The van der Waals surface area contributed by atoms with Crippen molar-refractivity contribution in [2.24, 2.45) is 0 Å². The van der Waals surface area contributed by atoms with Crippen LogP contribution in [0.2, 0.25) is 0 Å². The van der Waals surface area contributed by atoms with Gasteiger partial charge in [-0.1, -0.05) is 41.7 Å². The van der Waals surface area contributed by atoms with Gasteiger partial charge < -0.3 is 5.32 Å². The van der Waals surface area contributed by atoms with Gasteiger partial charge in [-0.15, -0.1) is 0 Å². The molecule has 100 valence electrons. The second kappa shape index (κ2) is 4.94. The molecule has 0 spiro atoms. The van der Waals surface area contributed by atoms with Crippen molar-refractivity contribution in [1.29, 1.82) is 0 Å². The molecule has 0 fully saturated rings. The molecule has 0 aliphatic carbocycles. The number of nitrogens with one attached hydrogen (secondary N) is 1. The molecule has 0 radical (unpaired) electrons. The normalized spacial score (nSPS) is 10.7. The van der Waals surface area contributed by atoms with E-state index in [0.717, 1.165) is 21.3 Å². The van der Waals surface area contributed by atoms with Gasteiger partial charge >= 0.3 is 5.00 Å². The third-order valence-corrected chi connectivity index (χ3v) is 4.14. The van der Waals surface area contributed by atoms with Crippen LogP contribution in [0, 0.1) is 17.0 Å². The molecule has 3 rings (SSSR count). The average Bonchev–Trinajstić information content (AvgIpc) is 2.78. The topological polar surface area (TPSA) is 55.2 Å². The summed E-state index contributed by atoms with van der Waals surface area (Å²) in [6, 6.07) is 15.4. The molecule has 0 saturated carbocycles. The van der Waals surface area contributed by atoms with Crippen molar-refractivity contribution < 1.29 is 4.92 Å². The van der Waals surface area contributed by atoms with Gasteiger partial charge in [0, 0.05) is 15.8 Å². The van der Waals surface area contributed by atoms with Gasteiger partial charge in [-0.2, -0.15) is 0 Å². The van der Waals surface area contributed by atoms with E-state index in [9.17, 15) is 10.1 Å². The second-order valence-corrected chi connectivity index (χ2v) is 5.56. The first kappa shape index (κ1) is 12.6. The lowest BCUT2D eigenvalue weighted by Gasteiger charge is -2.04. The number of benzene rings is 2. The van der Waals surface area contributed by atoms with E-state index in [-0.39, 0.29) is 9.92 Å². The average molecular weight is 284 g/mol. The maximum absolute atomic E-state index is 11.2. The van der Waals surface area contributed by atoms with Gasteiger partial charge in [0.2, 0.25) is 0 Å². The summed E-state index contributed by atoms with van der Waals surface area (Å²) in [5.41, 5.74) is 2.51. The lowest BCUT2D eigenvalue weighted by Crippen LogP contribution is -1.93. The maximum Gasteiger partial charge on any atom is 0.348 e. The van der Waals surface area contributed by atoms with E-state index in [4.69, 9.17) is 0 Å². The second-order valence-electron chi connectivity index (χ2n) is 4.53. The van der Waals surface area contributed by atoms with Crippen molar-refractivity contribution in [3.8, 4) is 0 Å². The van der Waals surface area contributed by atoms with Crippen molar-refractivity contribution in [2.45, 2.75) is 6.92 Å². The summed E-state index contributed by atoms with van der Waals surface area (Å²) in [6.07, 6.45) is 0. The van der Waals surface area contributed by atoms with Crippen LogP contribution < -0.4 is 5.32 Å². The third kappa shape index (κ3) is 2.23. The molecule has 3 aromatic rings. The number of hydrogen-bond donors (Lipinski definition) is 1. The van der Waals surface area contributed by atoms with E-state index in [1.165, 1.54) is 11.3 Å². The number of nitrogens with zero attached hydrogens (tertiary/aromatic N) is 1. The third-order valence-electron chi connectivity index (χ3n) is 3.04. The molecule has 1 N–H and O–H groups in total. The smallest absolute Gasteiger partial charge is 0.348 e. The largest absolute Gasteiger partial charge is 0.349 e. The highest BCUT2D eigenvalue weighted by atomic mass is 32.1. The van der Waals surface area contributed by atoms with Crippen LogP contribution in [0.4, 0.5) is 16.4 Å². The van der Waals surface area contributed by atoms with Crippen LogP contribution in [0.25, 0.3) is 10.1 Å². The molecule has 1 heterocycles. The first-order chi connectivity index (χ1) is 9.65. The minimum Gasteiger partial charge on any atom is -0.349 e. The number of thiophene rings is 1. The fourth-order valence-electron chi connectivity index (χ4n) is 2.11. The zero-order chi connectivity index (χ0) is 14.1. The number of fused-ring (bicyclic) bond motifs is 1. The van der Waals surface area contributed by atoms with Gasteiger partial charge in [0.05, 0.1) is 4.92 Å². The Kier molecular flexibility index (Phi) is 3.12. The Morgan fingerprint density at radius 3 is 2.60 bits per heavy atom. The number of hydrogen-bond acceptors (Lipinski definition) is 4. The number of anilines is 2. The molecule has 0 bridgehead atoms. The highest BCUT2D eigenvalue weighted by molar-refractivity contribution is 7.23. The molecular formula is C15H12N2O2S. The van der Waals surface area contributed by atoms with Gasteiger partial charge in [0.25, 0.3) is 0 Å². The Balaban J connectivity index is 2.16. The van der Waals surface area contributed by atoms with E-state index in [2.05, 4.69) is 5.32 Å². The summed E-state index contributed by atoms with van der Waals surface area (Å²) >= 11 is 1.20. The van der Waals surface area contributed by atoms with Gasteiger partial charge in [0.15, 0.2) is 0 Å². The summed E-state index contributed by atoms with van der Waals surface area (Å²) in [4.78, 5) is 10.9. The number of nitro groups is 1. The van der Waals surface area contributed by atoms with Gasteiger partial charge in [-0.25, -0.2) is 0 Å². The molecule has 0 amide bonds. The van der Waals surface area contributed by atoms with Crippen LogP contribution in [0.5, 0.6) is 0 Å². The quantitative estimate of drug-likeness (QED) is 0.552. The summed E-state index contributed by atoms with van der Waals surface area (Å²) in [5, 5.41) is 15.4. The van der Waals surface area contributed by atoms with Gasteiger partial charge in [-0.3, -0.25) is 10.1 Å². The minimum absolute atomic E-state index is 0.148. The summed E-state index contributed by atoms with van der Waals surface area (Å²) < 4.78 is 0.926. The molecule has 0 unspecified atom stereocenters. The van der Waals surface area contributed by atoms with Crippen LogP contribution in [-0.4, -0.2) is 4.92 Å². The molecule has 5 heteroatoms. The van der Waals surface area contributed by atoms with E-state index in [0.29, 0.717) is 5.69 Å². The summed E-state index contributed by atoms with van der Waals surface area (Å²) in [5.74, 6) is 0. The summed E-state index contributed by atoms with van der Waals surface area (Å²) in [6.45, 7) is 1.98. The highest BCUT2D eigenvalue weighted by Gasteiger charge is 2.21. The molecule has 4 nitrogen and oxygen atoms in total. The van der Waals surface area contributed by atoms with Crippen LogP contribution in [0.3, 0.4) is 0 Å². The summed E-state index contributed by atoms with van der Waals surface area (Å²) in [7, 11) is 0. The zero-order valence-electron chi connectivity index (χ0n) is 10.8.